The number of benzene rings is 3. The number of carbonyl (C=O) groups is 1. The SMILES string of the molecule is CO/C=C/c1[nH]cc(CC(=O)N[C@@H](Cc2cc(F)cc(F)c2)c2ncccc2-c2ccc(OC)cc2)c1/C=C/OCc1ccccc1. The Kier molecular flexibility index (Phi) is 11.2. The molecule has 7 nitrogen and oxygen atoms in total. The maximum atomic E-state index is 14.2. The predicted octanol–water partition coefficient (Wildman–Crippen LogP) is 7.81. The van der Waals surface area contributed by atoms with Crippen molar-refractivity contribution < 1.29 is 27.8 Å². The maximum absolute atomic E-state index is 14.2. The van der Waals surface area contributed by atoms with Crippen molar-refractivity contribution in [3.05, 3.63) is 155 Å². The normalized spacial score (nSPS) is 11.9. The van der Waals surface area contributed by atoms with Crippen LogP contribution >= 0.6 is 0 Å². The molecule has 0 unspecified atom stereocenters. The van der Waals surface area contributed by atoms with Gasteiger partial charge in [0.15, 0.2) is 0 Å². The van der Waals surface area contributed by atoms with Crippen LogP contribution in [0.25, 0.3) is 23.3 Å². The van der Waals surface area contributed by atoms with Gasteiger partial charge in [0.25, 0.3) is 0 Å². The van der Waals surface area contributed by atoms with Gasteiger partial charge in [-0.1, -0.05) is 48.5 Å². The van der Waals surface area contributed by atoms with E-state index in [-0.39, 0.29) is 18.7 Å². The van der Waals surface area contributed by atoms with Crippen LogP contribution < -0.4 is 10.1 Å². The number of aromatic amines is 1. The number of H-pyrrole nitrogens is 1. The lowest BCUT2D eigenvalue weighted by Gasteiger charge is -2.22. The average Bonchev–Trinajstić information content (AvgIpc) is 3.45. The number of ether oxygens (including phenoxy) is 3. The Morgan fingerprint density at radius 3 is 2.40 bits per heavy atom. The first-order chi connectivity index (χ1) is 22.9. The van der Waals surface area contributed by atoms with Crippen molar-refractivity contribution in [1.29, 1.82) is 0 Å². The third kappa shape index (κ3) is 8.94. The van der Waals surface area contributed by atoms with Gasteiger partial charge in [-0.15, -0.1) is 0 Å². The minimum absolute atomic E-state index is 0.00833. The molecule has 0 fully saturated rings. The first-order valence-corrected chi connectivity index (χ1v) is 15.0. The molecule has 0 spiro atoms. The van der Waals surface area contributed by atoms with Gasteiger partial charge in [0.1, 0.15) is 24.0 Å². The van der Waals surface area contributed by atoms with Gasteiger partial charge in [-0.2, -0.15) is 0 Å². The summed E-state index contributed by atoms with van der Waals surface area (Å²) in [4.78, 5) is 21.6. The number of nitrogens with one attached hydrogen (secondary N) is 2. The Morgan fingerprint density at radius 2 is 1.68 bits per heavy atom. The smallest absolute Gasteiger partial charge is 0.225 e. The number of aromatic nitrogens is 2. The van der Waals surface area contributed by atoms with Crippen LogP contribution in [0.2, 0.25) is 0 Å². The lowest BCUT2D eigenvalue weighted by atomic mass is 9.95. The van der Waals surface area contributed by atoms with E-state index >= 15 is 0 Å². The van der Waals surface area contributed by atoms with Gasteiger partial charge in [0, 0.05) is 35.3 Å². The van der Waals surface area contributed by atoms with Crippen molar-refractivity contribution in [2.45, 2.75) is 25.5 Å². The molecular formula is C38H35F2N3O4. The van der Waals surface area contributed by atoms with Crippen LogP contribution in [0.4, 0.5) is 8.78 Å². The molecule has 0 radical (unpaired) electrons. The van der Waals surface area contributed by atoms with Crippen molar-refractivity contribution in [3.63, 3.8) is 0 Å². The van der Waals surface area contributed by atoms with Crippen LogP contribution in [0.5, 0.6) is 5.75 Å². The van der Waals surface area contributed by atoms with Crippen molar-refractivity contribution in [2.75, 3.05) is 14.2 Å². The van der Waals surface area contributed by atoms with Crippen LogP contribution in [0.3, 0.4) is 0 Å². The van der Waals surface area contributed by atoms with Crippen LogP contribution in [0.1, 0.15) is 39.7 Å². The lowest BCUT2D eigenvalue weighted by Crippen LogP contribution is -2.32. The molecule has 1 atom stereocenters. The number of halogens is 2. The number of carbonyl (C=O) groups excluding carboxylic acids is 1. The summed E-state index contributed by atoms with van der Waals surface area (Å²) in [5.41, 5.74) is 5.78. The third-order valence-electron chi connectivity index (χ3n) is 7.45. The topological polar surface area (TPSA) is 85.5 Å². The van der Waals surface area contributed by atoms with Crippen molar-refractivity contribution in [2.24, 2.45) is 0 Å². The summed E-state index contributed by atoms with van der Waals surface area (Å²) < 4.78 is 44.6. The molecule has 47 heavy (non-hydrogen) atoms. The van der Waals surface area contributed by atoms with E-state index < -0.39 is 17.7 Å². The molecule has 0 saturated carbocycles. The van der Waals surface area contributed by atoms with Gasteiger partial charge in [-0.25, -0.2) is 8.78 Å². The van der Waals surface area contributed by atoms with E-state index in [1.54, 1.807) is 51.1 Å². The minimum Gasteiger partial charge on any atom is -0.504 e. The monoisotopic (exact) mass is 635 g/mol. The van der Waals surface area contributed by atoms with Gasteiger partial charge in [-0.05, 0) is 71.2 Å². The highest BCUT2D eigenvalue weighted by atomic mass is 19.1. The standard InChI is InChI=1S/C38H35F2N3O4/c1-45-17-15-35-33(14-18-47-25-26-7-4-3-5-8-26)29(24-42-35)22-37(44)43-36(21-27-19-30(39)23-31(40)20-27)38-34(9-6-16-41-38)28-10-12-32(46-2)13-11-28/h3-20,23-24,36,42H,21-22,25H2,1-2H3,(H,43,44)/b17-15+,18-14+/t36-/m0/s1. The van der Waals surface area contributed by atoms with Crippen molar-refractivity contribution >= 4 is 18.1 Å². The second-order valence-corrected chi connectivity index (χ2v) is 10.7. The van der Waals surface area contributed by atoms with Gasteiger partial charge in [0.05, 0.1) is 44.9 Å². The van der Waals surface area contributed by atoms with Gasteiger partial charge in [0.2, 0.25) is 5.91 Å². The number of nitrogens with zero attached hydrogens (tertiary/aromatic N) is 1. The van der Waals surface area contributed by atoms with Gasteiger partial charge < -0.3 is 24.5 Å². The molecule has 240 valence electrons. The van der Waals surface area contributed by atoms with Crippen LogP contribution in [-0.2, 0) is 33.7 Å². The second kappa shape index (κ2) is 16.0. The summed E-state index contributed by atoms with van der Waals surface area (Å²) in [5.74, 6) is -1.01. The van der Waals surface area contributed by atoms with E-state index in [9.17, 15) is 13.6 Å². The predicted molar refractivity (Wildman–Crippen MR) is 178 cm³/mol. The zero-order valence-corrected chi connectivity index (χ0v) is 26.1. The Morgan fingerprint density at radius 1 is 0.915 bits per heavy atom. The van der Waals surface area contributed by atoms with E-state index in [0.717, 1.165) is 34.0 Å². The van der Waals surface area contributed by atoms with E-state index in [1.807, 2.05) is 60.7 Å². The van der Waals surface area contributed by atoms with E-state index in [4.69, 9.17) is 14.2 Å². The highest BCUT2D eigenvalue weighted by Gasteiger charge is 2.22. The Hall–Kier alpha value is -5.70. The van der Waals surface area contributed by atoms with Crippen molar-refractivity contribution in [1.82, 2.24) is 15.3 Å². The number of hydrogen-bond donors (Lipinski definition) is 2. The zero-order valence-electron chi connectivity index (χ0n) is 26.1. The first kappa shape index (κ1) is 32.7. The molecule has 0 aliphatic carbocycles. The molecule has 0 saturated heterocycles. The molecule has 0 aliphatic heterocycles. The summed E-state index contributed by atoms with van der Waals surface area (Å²) in [6.45, 7) is 0.393. The second-order valence-electron chi connectivity index (χ2n) is 10.7. The first-order valence-electron chi connectivity index (χ1n) is 15.0. The number of rotatable bonds is 14. The molecule has 0 bridgehead atoms. The quantitative estimate of drug-likeness (QED) is 0.122. The molecule has 0 aliphatic rings. The van der Waals surface area contributed by atoms with E-state index in [1.165, 1.54) is 18.4 Å². The number of amides is 1. The molecule has 1 amide bonds. The Labute approximate surface area is 272 Å². The van der Waals surface area contributed by atoms with Gasteiger partial charge in [-0.3, -0.25) is 9.78 Å². The summed E-state index contributed by atoms with van der Waals surface area (Å²) >= 11 is 0. The Balaban J connectivity index is 1.42. The van der Waals surface area contributed by atoms with Crippen LogP contribution in [-0.4, -0.2) is 30.1 Å². The zero-order chi connectivity index (χ0) is 33.0. The maximum Gasteiger partial charge on any atom is 0.225 e. The highest BCUT2D eigenvalue weighted by Crippen LogP contribution is 2.30. The fraction of sp³-hybridized carbons (Fsp3) is 0.158. The van der Waals surface area contributed by atoms with Gasteiger partial charge >= 0.3 is 0 Å². The largest absolute Gasteiger partial charge is 0.504 e. The molecule has 5 aromatic rings. The van der Waals surface area contributed by atoms with E-state index in [2.05, 4.69) is 15.3 Å². The summed E-state index contributed by atoms with van der Waals surface area (Å²) in [5, 5.41) is 3.09. The fourth-order valence-corrected chi connectivity index (χ4v) is 5.25. The van der Waals surface area contributed by atoms with Crippen molar-refractivity contribution in [3.8, 4) is 16.9 Å². The van der Waals surface area contributed by atoms with Crippen LogP contribution in [0, 0.1) is 11.6 Å². The molecule has 2 aromatic heterocycles. The number of methoxy groups -OCH3 is 2. The number of hydrogen-bond acceptors (Lipinski definition) is 5. The molecule has 9 heteroatoms. The molecular weight excluding hydrogens is 600 g/mol. The molecule has 2 N–H and O–H groups in total. The summed E-state index contributed by atoms with van der Waals surface area (Å²) in [6.07, 6.45) is 10.2. The summed E-state index contributed by atoms with van der Waals surface area (Å²) in [7, 11) is 3.14. The minimum atomic E-state index is -0.706. The fourth-order valence-electron chi connectivity index (χ4n) is 5.25. The number of pyridine rings is 1. The molecule has 2 heterocycles. The van der Waals surface area contributed by atoms with Crippen LogP contribution in [0.15, 0.2) is 110 Å². The third-order valence-corrected chi connectivity index (χ3v) is 7.45. The lowest BCUT2D eigenvalue weighted by molar-refractivity contribution is -0.121. The summed E-state index contributed by atoms with van der Waals surface area (Å²) in [6, 6.07) is 23.6. The molecule has 3 aromatic carbocycles. The average molecular weight is 636 g/mol. The molecule has 5 rings (SSSR count). The highest BCUT2D eigenvalue weighted by molar-refractivity contribution is 5.82. The van der Waals surface area contributed by atoms with E-state index in [0.29, 0.717) is 29.2 Å². The Bertz CT molecular complexity index is 1820.